The minimum absolute atomic E-state index is 0.101. The Labute approximate surface area is 209 Å². The lowest BCUT2D eigenvalue weighted by Gasteiger charge is -2.33. The second-order valence-corrected chi connectivity index (χ2v) is 9.86. The fraction of sp³-hybridized carbons (Fsp3) is 0.387. The Balaban J connectivity index is 1.50. The van der Waals surface area contributed by atoms with Crippen molar-refractivity contribution in [2.24, 2.45) is 17.6 Å². The molecule has 0 radical (unpaired) electrons. The monoisotopic (exact) mass is 470 g/mol. The number of amides is 1. The first-order valence-electron chi connectivity index (χ1n) is 13.0. The van der Waals surface area contributed by atoms with Gasteiger partial charge in [-0.15, -0.1) is 0 Å². The molecular formula is C31H38N2O2. The van der Waals surface area contributed by atoms with Crippen molar-refractivity contribution in [3.8, 4) is 5.75 Å². The van der Waals surface area contributed by atoms with Crippen molar-refractivity contribution >= 4 is 5.91 Å². The van der Waals surface area contributed by atoms with Gasteiger partial charge in [0.05, 0.1) is 0 Å². The first kappa shape index (κ1) is 25.0. The molecule has 184 valence electrons. The summed E-state index contributed by atoms with van der Waals surface area (Å²) >= 11 is 0. The van der Waals surface area contributed by atoms with E-state index < -0.39 is 0 Å². The van der Waals surface area contributed by atoms with E-state index >= 15 is 0 Å². The molecule has 0 aromatic heterocycles. The van der Waals surface area contributed by atoms with Gasteiger partial charge in [-0.2, -0.15) is 0 Å². The average Bonchev–Trinajstić information content (AvgIpc) is 2.92. The van der Waals surface area contributed by atoms with E-state index in [-0.39, 0.29) is 17.6 Å². The summed E-state index contributed by atoms with van der Waals surface area (Å²) in [6.45, 7) is 2.14. The van der Waals surface area contributed by atoms with Crippen molar-refractivity contribution in [3.05, 3.63) is 102 Å². The summed E-state index contributed by atoms with van der Waals surface area (Å²) < 4.78 is 0. The smallest absolute Gasteiger partial charge is 0.225 e. The van der Waals surface area contributed by atoms with Crippen LogP contribution in [0.2, 0.25) is 0 Å². The van der Waals surface area contributed by atoms with Crippen LogP contribution in [0.5, 0.6) is 5.75 Å². The number of carbonyl (C=O) groups is 1. The molecule has 4 rings (SSSR count). The van der Waals surface area contributed by atoms with Gasteiger partial charge in [0, 0.05) is 24.9 Å². The number of phenolic OH excluding ortho intramolecular Hbond substituents is 1. The summed E-state index contributed by atoms with van der Waals surface area (Å²) in [5.41, 5.74) is 9.59. The van der Waals surface area contributed by atoms with E-state index in [4.69, 9.17) is 5.73 Å². The molecule has 1 fully saturated rings. The van der Waals surface area contributed by atoms with E-state index in [0.29, 0.717) is 18.4 Å². The van der Waals surface area contributed by atoms with Gasteiger partial charge in [-0.3, -0.25) is 4.79 Å². The predicted molar refractivity (Wildman–Crippen MR) is 142 cm³/mol. The van der Waals surface area contributed by atoms with Crippen molar-refractivity contribution in [2.45, 2.75) is 44.4 Å². The Bertz CT molecular complexity index is 989. The number of carbonyl (C=O) groups excluding carboxylic acids is 1. The van der Waals surface area contributed by atoms with E-state index in [2.05, 4.69) is 65.6 Å². The predicted octanol–water partition coefficient (Wildman–Crippen LogP) is 5.75. The highest BCUT2D eigenvalue weighted by atomic mass is 16.3. The number of hydrogen-bond donors (Lipinski definition) is 2. The lowest BCUT2D eigenvalue weighted by molar-refractivity contribution is -0.137. The van der Waals surface area contributed by atoms with Crippen LogP contribution in [0.3, 0.4) is 0 Å². The summed E-state index contributed by atoms with van der Waals surface area (Å²) in [7, 11) is 0. The summed E-state index contributed by atoms with van der Waals surface area (Å²) in [5.74, 6) is 1.47. The van der Waals surface area contributed by atoms with Crippen LogP contribution in [-0.2, 0) is 11.2 Å². The van der Waals surface area contributed by atoms with Crippen molar-refractivity contribution < 1.29 is 9.90 Å². The quantitative estimate of drug-likeness (QED) is 0.396. The minimum Gasteiger partial charge on any atom is -0.508 e. The first-order chi connectivity index (χ1) is 17.1. The molecule has 3 aromatic rings. The summed E-state index contributed by atoms with van der Waals surface area (Å²) in [6.07, 6.45) is 5.65. The summed E-state index contributed by atoms with van der Waals surface area (Å²) in [4.78, 5) is 15.8. The maximum Gasteiger partial charge on any atom is 0.225 e. The molecule has 0 spiro atoms. The molecule has 0 bridgehead atoms. The van der Waals surface area contributed by atoms with E-state index in [1.807, 2.05) is 12.1 Å². The molecule has 4 heteroatoms. The number of phenols is 1. The van der Waals surface area contributed by atoms with Crippen LogP contribution in [0, 0.1) is 11.8 Å². The molecule has 1 aliphatic rings. The third-order valence-corrected chi connectivity index (χ3v) is 7.54. The molecule has 1 amide bonds. The molecule has 0 saturated heterocycles. The highest BCUT2D eigenvalue weighted by molar-refractivity contribution is 5.79. The van der Waals surface area contributed by atoms with Gasteiger partial charge in [0.15, 0.2) is 0 Å². The van der Waals surface area contributed by atoms with Gasteiger partial charge < -0.3 is 15.7 Å². The second-order valence-electron chi connectivity index (χ2n) is 9.86. The Hall–Kier alpha value is -3.11. The normalized spacial score (nSPS) is 17.9. The lowest BCUT2D eigenvalue weighted by atomic mass is 9.81. The molecule has 0 heterocycles. The van der Waals surface area contributed by atoms with Gasteiger partial charge in [-0.25, -0.2) is 0 Å². The van der Waals surface area contributed by atoms with E-state index in [1.165, 1.54) is 11.1 Å². The second kappa shape index (κ2) is 12.6. The maximum atomic E-state index is 13.7. The van der Waals surface area contributed by atoms with Gasteiger partial charge in [-0.1, -0.05) is 72.8 Å². The van der Waals surface area contributed by atoms with Gasteiger partial charge in [-0.05, 0) is 79.8 Å². The zero-order valence-electron chi connectivity index (χ0n) is 20.6. The number of rotatable bonds is 10. The van der Waals surface area contributed by atoms with Crippen LogP contribution < -0.4 is 5.73 Å². The number of nitrogens with zero attached hydrogens (tertiary/aromatic N) is 1. The van der Waals surface area contributed by atoms with Crippen LogP contribution in [-0.4, -0.2) is 35.5 Å². The van der Waals surface area contributed by atoms with Crippen LogP contribution in [0.15, 0.2) is 84.9 Å². The van der Waals surface area contributed by atoms with Gasteiger partial charge in [0.1, 0.15) is 5.75 Å². The molecule has 0 unspecified atom stereocenters. The largest absolute Gasteiger partial charge is 0.508 e. The van der Waals surface area contributed by atoms with E-state index in [1.54, 1.807) is 12.1 Å². The molecule has 0 atom stereocenters. The average molecular weight is 471 g/mol. The van der Waals surface area contributed by atoms with E-state index in [0.717, 1.165) is 57.2 Å². The minimum atomic E-state index is 0.101. The zero-order valence-corrected chi connectivity index (χ0v) is 20.6. The van der Waals surface area contributed by atoms with Crippen LogP contribution in [0.4, 0.5) is 0 Å². The Morgan fingerprint density at radius 1 is 0.829 bits per heavy atom. The molecule has 3 N–H and O–H groups in total. The Morgan fingerprint density at radius 3 is 1.94 bits per heavy atom. The first-order valence-corrected chi connectivity index (χ1v) is 13.0. The molecule has 1 saturated carbocycles. The van der Waals surface area contributed by atoms with Crippen LogP contribution in [0.1, 0.15) is 54.7 Å². The standard InChI is InChI=1S/C31H38N2O2/c32-23-25-11-15-28(16-12-25)31(35)33(21-19-24-13-17-29(34)18-14-24)22-20-30(26-7-3-1-4-8-26)27-9-5-2-6-10-27/h1-10,13-14,17-18,25,28,30,34H,11-12,15-16,19-23,32H2. The third kappa shape index (κ3) is 6.95. The van der Waals surface area contributed by atoms with Crippen LogP contribution in [0.25, 0.3) is 0 Å². The molecule has 3 aromatic carbocycles. The molecule has 35 heavy (non-hydrogen) atoms. The summed E-state index contributed by atoms with van der Waals surface area (Å²) in [6, 6.07) is 28.6. The number of hydrogen-bond acceptors (Lipinski definition) is 3. The lowest BCUT2D eigenvalue weighted by Crippen LogP contribution is -2.40. The Morgan fingerprint density at radius 2 is 1.40 bits per heavy atom. The van der Waals surface area contributed by atoms with Crippen molar-refractivity contribution in [3.63, 3.8) is 0 Å². The third-order valence-electron chi connectivity index (χ3n) is 7.54. The number of nitrogens with two attached hydrogens (primary N) is 1. The van der Waals surface area contributed by atoms with Crippen LogP contribution >= 0.6 is 0 Å². The van der Waals surface area contributed by atoms with Gasteiger partial charge in [0.25, 0.3) is 0 Å². The number of benzene rings is 3. The van der Waals surface area contributed by atoms with Crippen molar-refractivity contribution in [1.82, 2.24) is 4.90 Å². The highest BCUT2D eigenvalue weighted by Gasteiger charge is 2.29. The SMILES string of the molecule is NCC1CCC(C(=O)N(CCc2ccc(O)cc2)CCC(c2ccccc2)c2ccccc2)CC1. The molecule has 4 nitrogen and oxygen atoms in total. The zero-order chi connectivity index (χ0) is 24.5. The molecule has 0 aliphatic heterocycles. The highest BCUT2D eigenvalue weighted by Crippen LogP contribution is 2.31. The fourth-order valence-corrected chi connectivity index (χ4v) is 5.34. The van der Waals surface area contributed by atoms with Crippen molar-refractivity contribution in [1.29, 1.82) is 0 Å². The number of aromatic hydroxyl groups is 1. The van der Waals surface area contributed by atoms with Gasteiger partial charge >= 0.3 is 0 Å². The maximum absolute atomic E-state index is 13.7. The fourth-order valence-electron chi connectivity index (χ4n) is 5.34. The molecule has 1 aliphatic carbocycles. The Kier molecular flexibility index (Phi) is 8.96. The van der Waals surface area contributed by atoms with E-state index in [9.17, 15) is 9.90 Å². The molecular weight excluding hydrogens is 432 g/mol. The van der Waals surface area contributed by atoms with Crippen molar-refractivity contribution in [2.75, 3.05) is 19.6 Å². The van der Waals surface area contributed by atoms with Gasteiger partial charge in [0.2, 0.25) is 5.91 Å². The summed E-state index contributed by atoms with van der Waals surface area (Å²) in [5, 5.41) is 9.62. The topological polar surface area (TPSA) is 66.6 Å².